The fourth-order valence-electron chi connectivity index (χ4n) is 3.31. The molecular formula is C24H25ClN2O4S. The Morgan fingerprint density at radius 3 is 2.31 bits per heavy atom. The Hall–Kier alpha value is -3.03. The largest absolute Gasteiger partial charge is 0.496 e. The zero-order valence-electron chi connectivity index (χ0n) is 18.1. The van der Waals surface area contributed by atoms with Gasteiger partial charge in [0.2, 0.25) is 5.91 Å². The summed E-state index contributed by atoms with van der Waals surface area (Å²) in [4.78, 5) is 13.0. The zero-order chi connectivity index (χ0) is 23.3. The fraction of sp³-hybridized carbons (Fsp3) is 0.208. The Kier molecular flexibility index (Phi) is 7.43. The van der Waals surface area contributed by atoms with Crippen molar-refractivity contribution < 1.29 is 17.9 Å². The highest BCUT2D eigenvalue weighted by atomic mass is 35.5. The molecular weight excluding hydrogens is 448 g/mol. The Morgan fingerprint density at radius 1 is 1.03 bits per heavy atom. The van der Waals surface area contributed by atoms with Crippen LogP contribution in [-0.4, -0.2) is 28.0 Å². The minimum absolute atomic E-state index is 0.0774. The van der Waals surface area contributed by atoms with E-state index in [0.717, 1.165) is 15.4 Å². The van der Waals surface area contributed by atoms with E-state index in [1.54, 1.807) is 49.6 Å². The normalized spacial score (nSPS) is 12.1. The number of ether oxygens (including phenoxy) is 1. The summed E-state index contributed by atoms with van der Waals surface area (Å²) in [7, 11) is -2.48. The number of hydrogen-bond donors (Lipinski definition) is 1. The molecule has 1 atom stereocenters. The van der Waals surface area contributed by atoms with Crippen LogP contribution in [0.4, 0.5) is 5.69 Å². The summed E-state index contributed by atoms with van der Waals surface area (Å²) in [5, 5.41) is 3.09. The predicted octanol–water partition coefficient (Wildman–Crippen LogP) is 4.73. The Morgan fingerprint density at radius 2 is 1.66 bits per heavy atom. The molecule has 3 rings (SSSR count). The van der Waals surface area contributed by atoms with Gasteiger partial charge in [0.15, 0.2) is 0 Å². The quantitative estimate of drug-likeness (QED) is 0.514. The predicted molar refractivity (Wildman–Crippen MR) is 127 cm³/mol. The summed E-state index contributed by atoms with van der Waals surface area (Å²) < 4.78 is 33.3. The second-order valence-corrected chi connectivity index (χ2v) is 9.58. The Bertz CT molecular complexity index is 1200. The molecule has 0 radical (unpaired) electrons. The zero-order valence-corrected chi connectivity index (χ0v) is 19.7. The summed E-state index contributed by atoms with van der Waals surface area (Å²) in [6.07, 6.45) is 0. The van der Waals surface area contributed by atoms with Crippen molar-refractivity contribution in [3.63, 3.8) is 0 Å². The molecule has 0 aliphatic heterocycles. The first-order valence-electron chi connectivity index (χ1n) is 10.00. The lowest BCUT2D eigenvalue weighted by atomic mass is 10.1. The number of carbonyl (C=O) groups is 1. The van der Waals surface area contributed by atoms with Crippen molar-refractivity contribution in [2.75, 3.05) is 18.0 Å². The van der Waals surface area contributed by atoms with E-state index >= 15 is 0 Å². The summed E-state index contributed by atoms with van der Waals surface area (Å²) in [5.74, 6) is 0.162. The van der Waals surface area contributed by atoms with E-state index in [1.807, 2.05) is 32.0 Å². The lowest BCUT2D eigenvalue weighted by molar-refractivity contribution is -0.120. The van der Waals surface area contributed by atoms with Gasteiger partial charge in [-0.2, -0.15) is 0 Å². The van der Waals surface area contributed by atoms with E-state index in [2.05, 4.69) is 5.32 Å². The van der Waals surface area contributed by atoms with Gasteiger partial charge in [-0.15, -0.1) is 0 Å². The van der Waals surface area contributed by atoms with Crippen LogP contribution in [0, 0.1) is 6.92 Å². The molecule has 0 bridgehead atoms. The first kappa shape index (κ1) is 23.6. The SMILES string of the molecule is COc1ccccc1C(C)NC(=O)CN(c1ccccc1Cl)S(=O)(=O)c1ccc(C)cc1. The summed E-state index contributed by atoms with van der Waals surface area (Å²) >= 11 is 6.31. The first-order valence-corrected chi connectivity index (χ1v) is 11.8. The molecule has 168 valence electrons. The average Bonchev–Trinajstić information content (AvgIpc) is 2.78. The molecule has 0 saturated carbocycles. The molecule has 6 nitrogen and oxygen atoms in total. The van der Waals surface area contributed by atoms with Crippen LogP contribution in [0.15, 0.2) is 77.7 Å². The third-order valence-corrected chi connectivity index (χ3v) is 7.09. The number of methoxy groups -OCH3 is 1. The van der Waals surface area contributed by atoms with Crippen LogP contribution in [0.3, 0.4) is 0 Å². The van der Waals surface area contributed by atoms with Crippen molar-refractivity contribution in [2.45, 2.75) is 24.8 Å². The molecule has 1 N–H and O–H groups in total. The van der Waals surface area contributed by atoms with E-state index < -0.39 is 28.5 Å². The number of nitrogens with one attached hydrogen (secondary N) is 1. The van der Waals surface area contributed by atoms with Crippen molar-refractivity contribution in [3.05, 3.63) is 88.9 Å². The molecule has 0 fully saturated rings. The van der Waals surface area contributed by atoms with Gasteiger partial charge >= 0.3 is 0 Å². The molecule has 1 unspecified atom stereocenters. The molecule has 0 heterocycles. The van der Waals surface area contributed by atoms with E-state index in [4.69, 9.17) is 16.3 Å². The van der Waals surface area contributed by atoms with Gasteiger partial charge in [0.1, 0.15) is 12.3 Å². The number of carbonyl (C=O) groups excluding carboxylic acids is 1. The molecule has 8 heteroatoms. The number of para-hydroxylation sites is 2. The highest BCUT2D eigenvalue weighted by molar-refractivity contribution is 7.92. The lowest BCUT2D eigenvalue weighted by Gasteiger charge is -2.26. The van der Waals surface area contributed by atoms with Gasteiger partial charge in [-0.1, -0.05) is 59.6 Å². The number of hydrogen-bond acceptors (Lipinski definition) is 4. The second kappa shape index (κ2) is 10.1. The number of benzene rings is 3. The topological polar surface area (TPSA) is 75.7 Å². The van der Waals surface area contributed by atoms with Crippen molar-refractivity contribution >= 4 is 33.2 Å². The van der Waals surface area contributed by atoms with Gasteiger partial charge in [0.05, 0.1) is 28.8 Å². The van der Waals surface area contributed by atoms with Crippen LogP contribution in [0.25, 0.3) is 0 Å². The van der Waals surface area contributed by atoms with E-state index in [9.17, 15) is 13.2 Å². The third kappa shape index (κ3) is 5.23. The maximum absolute atomic E-state index is 13.5. The molecule has 32 heavy (non-hydrogen) atoms. The molecule has 0 spiro atoms. The highest BCUT2D eigenvalue weighted by Gasteiger charge is 2.29. The molecule has 0 saturated heterocycles. The van der Waals surface area contributed by atoms with E-state index in [1.165, 1.54) is 12.1 Å². The smallest absolute Gasteiger partial charge is 0.264 e. The standard InChI is InChI=1S/C24H25ClN2O4S/c1-17-12-14-19(15-13-17)32(29,30)27(22-10-6-5-9-21(22)25)16-24(28)26-18(2)20-8-4-7-11-23(20)31-3/h4-15,18H,16H2,1-3H3,(H,26,28). The van der Waals surface area contributed by atoms with Gasteiger partial charge in [-0.3, -0.25) is 9.10 Å². The maximum Gasteiger partial charge on any atom is 0.264 e. The van der Waals surface area contributed by atoms with Crippen molar-refractivity contribution in [1.29, 1.82) is 0 Å². The average molecular weight is 473 g/mol. The van der Waals surface area contributed by atoms with Crippen molar-refractivity contribution in [1.82, 2.24) is 5.32 Å². The highest BCUT2D eigenvalue weighted by Crippen LogP contribution is 2.30. The van der Waals surface area contributed by atoms with Crippen LogP contribution in [0.2, 0.25) is 5.02 Å². The number of halogens is 1. The number of aryl methyl sites for hydroxylation is 1. The van der Waals surface area contributed by atoms with Gasteiger partial charge in [-0.25, -0.2) is 8.42 Å². The Balaban J connectivity index is 1.92. The van der Waals surface area contributed by atoms with E-state index in [0.29, 0.717) is 5.75 Å². The van der Waals surface area contributed by atoms with Crippen LogP contribution in [0.1, 0.15) is 24.1 Å². The van der Waals surface area contributed by atoms with Crippen LogP contribution < -0.4 is 14.4 Å². The van der Waals surface area contributed by atoms with Crippen molar-refractivity contribution in [2.24, 2.45) is 0 Å². The van der Waals surface area contributed by atoms with Gasteiger partial charge < -0.3 is 10.1 Å². The number of anilines is 1. The van der Waals surface area contributed by atoms with E-state index in [-0.39, 0.29) is 15.6 Å². The molecule has 0 aromatic heterocycles. The van der Waals surface area contributed by atoms with Gasteiger partial charge in [0, 0.05) is 5.56 Å². The monoisotopic (exact) mass is 472 g/mol. The van der Waals surface area contributed by atoms with Gasteiger partial charge in [-0.05, 0) is 44.2 Å². The molecule has 0 aliphatic rings. The maximum atomic E-state index is 13.5. The number of sulfonamides is 1. The molecule has 1 amide bonds. The molecule has 3 aromatic rings. The molecule has 0 aliphatic carbocycles. The molecule has 3 aromatic carbocycles. The number of rotatable bonds is 8. The number of amides is 1. The minimum atomic E-state index is -4.04. The Labute approximate surface area is 193 Å². The summed E-state index contributed by atoms with van der Waals surface area (Å²) in [6.45, 7) is 3.25. The summed E-state index contributed by atoms with van der Waals surface area (Å²) in [6, 6.07) is 19.9. The van der Waals surface area contributed by atoms with Crippen LogP contribution in [0.5, 0.6) is 5.75 Å². The second-order valence-electron chi connectivity index (χ2n) is 7.31. The van der Waals surface area contributed by atoms with Crippen molar-refractivity contribution in [3.8, 4) is 5.75 Å². The van der Waals surface area contributed by atoms with Crippen LogP contribution in [-0.2, 0) is 14.8 Å². The minimum Gasteiger partial charge on any atom is -0.496 e. The van der Waals surface area contributed by atoms with Crippen LogP contribution >= 0.6 is 11.6 Å². The number of nitrogens with zero attached hydrogens (tertiary/aromatic N) is 1. The fourth-order valence-corrected chi connectivity index (χ4v) is 5.04. The summed E-state index contributed by atoms with van der Waals surface area (Å²) in [5.41, 5.74) is 1.94. The lowest BCUT2D eigenvalue weighted by Crippen LogP contribution is -2.41. The van der Waals surface area contributed by atoms with Gasteiger partial charge in [0.25, 0.3) is 10.0 Å². The third-order valence-electron chi connectivity index (χ3n) is 5.00. The first-order chi connectivity index (χ1) is 15.2.